The van der Waals surface area contributed by atoms with Crippen LogP contribution in [0.3, 0.4) is 0 Å². The Morgan fingerprint density at radius 2 is 2.06 bits per heavy atom. The first kappa shape index (κ1) is 12.9. The zero-order chi connectivity index (χ0) is 13.1. The van der Waals surface area contributed by atoms with E-state index in [0.29, 0.717) is 6.54 Å². The molecule has 0 aliphatic carbocycles. The van der Waals surface area contributed by atoms with Gasteiger partial charge in [0.15, 0.2) is 0 Å². The first-order valence-corrected chi connectivity index (χ1v) is 6.40. The second-order valence-electron chi connectivity index (χ2n) is 3.78. The quantitative estimate of drug-likeness (QED) is 0.922. The molecule has 0 bridgehead atoms. The molecule has 0 saturated carbocycles. The van der Waals surface area contributed by atoms with Crippen molar-refractivity contribution in [3.05, 3.63) is 28.1 Å². The van der Waals surface area contributed by atoms with Crippen LogP contribution < -0.4 is 15.2 Å². The molecule has 0 aliphatic heterocycles. The summed E-state index contributed by atoms with van der Waals surface area (Å²) in [5, 5.41) is 0.996. The van der Waals surface area contributed by atoms with Gasteiger partial charge in [0.05, 0.1) is 24.9 Å². The number of nitrogens with two attached hydrogens (primary N) is 1. The minimum absolute atomic E-state index is 0.473. The summed E-state index contributed by atoms with van der Waals surface area (Å²) in [7, 11) is 3.29. The van der Waals surface area contributed by atoms with Crippen molar-refractivity contribution >= 4 is 11.3 Å². The molecule has 0 fully saturated rings. The van der Waals surface area contributed by atoms with Gasteiger partial charge in [-0.15, -0.1) is 11.3 Å². The number of aryl methyl sites for hydroxylation is 1. The van der Waals surface area contributed by atoms with Gasteiger partial charge in [0.1, 0.15) is 11.5 Å². The number of methoxy groups -OCH3 is 2. The second kappa shape index (κ2) is 5.37. The molecule has 2 aromatic rings. The van der Waals surface area contributed by atoms with Gasteiger partial charge in [-0.3, -0.25) is 0 Å². The molecule has 0 atom stereocenters. The highest BCUT2D eigenvalue weighted by Gasteiger charge is 2.15. The number of rotatable bonds is 4. The smallest absolute Gasteiger partial charge is 0.128 e. The SMILES string of the molecule is COc1ccc(OC)c(-c2nc(C)sc2CN)c1. The molecule has 96 valence electrons. The van der Waals surface area contributed by atoms with Gasteiger partial charge in [0, 0.05) is 17.0 Å². The number of ether oxygens (including phenoxy) is 2. The monoisotopic (exact) mass is 264 g/mol. The van der Waals surface area contributed by atoms with Crippen LogP contribution in [0.5, 0.6) is 11.5 Å². The number of aromatic nitrogens is 1. The van der Waals surface area contributed by atoms with E-state index in [9.17, 15) is 0 Å². The van der Waals surface area contributed by atoms with Crippen molar-refractivity contribution in [2.24, 2.45) is 5.73 Å². The molecule has 0 radical (unpaired) electrons. The number of nitrogens with zero attached hydrogens (tertiary/aromatic N) is 1. The van der Waals surface area contributed by atoms with Crippen LogP contribution in [0, 0.1) is 6.92 Å². The third kappa shape index (κ3) is 2.32. The van der Waals surface area contributed by atoms with E-state index in [1.54, 1.807) is 25.6 Å². The standard InChI is InChI=1S/C13H16N2O2S/c1-8-15-13(12(7-14)18-8)10-6-9(16-2)4-5-11(10)17-3/h4-6H,7,14H2,1-3H3. The summed E-state index contributed by atoms with van der Waals surface area (Å²) in [6, 6.07) is 5.67. The lowest BCUT2D eigenvalue weighted by Gasteiger charge is -2.09. The Hall–Kier alpha value is -1.59. The average Bonchev–Trinajstić information content (AvgIpc) is 2.79. The van der Waals surface area contributed by atoms with E-state index in [2.05, 4.69) is 4.98 Å². The summed E-state index contributed by atoms with van der Waals surface area (Å²) < 4.78 is 10.6. The summed E-state index contributed by atoms with van der Waals surface area (Å²) in [6.45, 7) is 2.45. The van der Waals surface area contributed by atoms with Crippen molar-refractivity contribution in [1.82, 2.24) is 4.98 Å². The Bertz CT molecular complexity index is 552. The van der Waals surface area contributed by atoms with E-state index >= 15 is 0 Å². The molecule has 0 aliphatic rings. The zero-order valence-electron chi connectivity index (χ0n) is 10.7. The van der Waals surface area contributed by atoms with E-state index in [1.165, 1.54) is 0 Å². The molecule has 5 heteroatoms. The fourth-order valence-corrected chi connectivity index (χ4v) is 2.65. The molecular formula is C13H16N2O2S. The van der Waals surface area contributed by atoms with Crippen molar-refractivity contribution in [3.63, 3.8) is 0 Å². The predicted octanol–water partition coefficient (Wildman–Crippen LogP) is 2.59. The minimum atomic E-state index is 0.473. The Labute approximate surface area is 110 Å². The predicted molar refractivity (Wildman–Crippen MR) is 73.3 cm³/mol. The van der Waals surface area contributed by atoms with Gasteiger partial charge in [-0.1, -0.05) is 0 Å². The van der Waals surface area contributed by atoms with E-state index < -0.39 is 0 Å². The first-order valence-electron chi connectivity index (χ1n) is 5.58. The van der Waals surface area contributed by atoms with Gasteiger partial charge in [-0.05, 0) is 25.1 Å². The third-order valence-electron chi connectivity index (χ3n) is 2.65. The van der Waals surface area contributed by atoms with Gasteiger partial charge in [0.25, 0.3) is 0 Å². The van der Waals surface area contributed by atoms with Crippen molar-refractivity contribution in [1.29, 1.82) is 0 Å². The lowest BCUT2D eigenvalue weighted by atomic mass is 10.1. The summed E-state index contributed by atoms with van der Waals surface area (Å²) in [5.41, 5.74) is 7.56. The topological polar surface area (TPSA) is 57.4 Å². The fraction of sp³-hybridized carbons (Fsp3) is 0.308. The lowest BCUT2D eigenvalue weighted by Crippen LogP contribution is -1.97. The molecule has 0 saturated heterocycles. The maximum Gasteiger partial charge on any atom is 0.128 e. The Balaban J connectivity index is 2.60. The summed E-state index contributed by atoms with van der Waals surface area (Å²) in [4.78, 5) is 5.59. The van der Waals surface area contributed by atoms with Crippen LogP contribution in [-0.4, -0.2) is 19.2 Å². The Kier molecular flexibility index (Phi) is 3.84. The summed E-state index contributed by atoms with van der Waals surface area (Å²) in [5.74, 6) is 1.55. The fourth-order valence-electron chi connectivity index (χ4n) is 1.82. The highest BCUT2D eigenvalue weighted by molar-refractivity contribution is 7.12. The van der Waals surface area contributed by atoms with Crippen LogP contribution in [0.1, 0.15) is 9.88 Å². The van der Waals surface area contributed by atoms with Crippen molar-refractivity contribution in [3.8, 4) is 22.8 Å². The van der Waals surface area contributed by atoms with Gasteiger partial charge < -0.3 is 15.2 Å². The highest BCUT2D eigenvalue weighted by Crippen LogP contribution is 2.36. The molecule has 4 nitrogen and oxygen atoms in total. The van der Waals surface area contributed by atoms with Crippen LogP contribution in [0.2, 0.25) is 0 Å². The number of hydrogen-bond donors (Lipinski definition) is 1. The van der Waals surface area contributed by atoms with E-state index in [0.717, 1.165) is 32.6 Å². The van der Waals surface area contributed by atoms with Gasteiger partial charge in [-0.25, -0.2) is 4.98 Å². The molecular weight excluding hydrogens is 248 g/mol. The van der Waals surface area contributed by atoms with Crippen molar-refractivity contribution in [2.45, 2.75) is 13.5 Å². The Morgan fingerprint density at radius 3 is 2.67 bits per heavy atom. The number of benzene rings is 1. The van der Waals surface area contributed by atoms with Crippen LogP contribution in [0.15, 0.2) is 18.2 Å². The van der Waals surface area contributed by atoms with Crippen LogP contribution in [0.25, 0.3) is 11.3 Å². The van der Waals surface area contributed by atoms with Gasteiger partial charge in [0.2, 0.25) is 0 Å². The van der Waals surface area contributed by atoms with Crippen LogP contribution in [0.4, 0.5) is 0 Å². The molecule has 18 heavy (non-hydrogen) atoms. The largest absolute Gasteiger partial charge is 0.497 e. The molecule has 1 aromatic heterocycles. The molecule has 1 heterocycles. The molecule has 1 aromatic carbocycles. The number of thiazole rings is 1. The molecule has 0 unspecified atom stereocenters. The maximum atomic E-state index is 5.76. The molecule has 2 rings (SSSR count). The maximum absolute atomic E-state index is 5.76. The summed E-state index contributed by atoms with van der Waals surface area (Å²) >= 11 is 1.61. The van der Waals surface area contributed by atoms with Crippen LogP contribution >= 0.6 is 11.3 Å². The highest BCUT2D eigenvalue weighted by atomic mass is 32.1. The molecule has 0 amide bonds. The first-order chi connectivity index (χ1) is 8.69. The second-order valence-corrected chi connectivity index (χ2v) is 5.06. The number of hydrogen-bond acceptors (Lipinski definition) is 5. The lowest BCUT2D eigenvalue weighted by molar-refractivity contribution is 0.404. The summed E-state index contributed by atoms with van der Waals surface area (Å²) in [6.07, 6.45) is 0. The van der Waals surface area contributed by atoms with Gasteiger partial charge in [-0.2, -0.15) is 0 Å². The van der Waals surface area contributed by atoms with Crippen LogP contribution in [-0.2, 0) is 6.54 Å². The van der Waals surface area contributed by atoms with Crippen molar-refractivity contribution in [2.75, 3.05) is 14.2 Å². The van der Waals surface area contributed by atoms with E-state index in [4.69, 9.17) is 15.2 Å². The zero-order valence-corrected chi connectivity index (χ0v) is 11.5. The van der Waals surface area contributed by atoms with Crippen molar-refractivity contribution < 1.29 is 9.47 Å². The normalized spacial score (nSPS) is 10.4. The molecule has 0 spiro atoms. The minimum Gasteiger partial charge on any atom is -0.497 e. The molecule has 2 N–H and O–H groups in total. The van der Waals surface area contributed by atoms with Gasteiger partial charge >= 0.3 is 0 Å². The van der Waals surface area contributed by atoms with E-state index in [1.807, 2.05) is 25.1 Å². The Morgan fingerprint density at radius 1 is 1.28 bits per heavy atom. The van der Waals surface area contributed by atoms with E-state index in [-0.39, 0.29) is 0 Å². The average molecular weight is 264 g/mol. The third-order valence-corrected chi connectivity index (χ3v) is 3.64.